The van der Waals surface area contributed by atoms with Crippen LogP contribution in [-0.4, -0.2) is 16.7 Å². The van der Waals surface area contributed by atoms with E-state index in [0.717, 1.165) is 21.9 Å². The number of ether oxygens (including phenoxy) is 1. The van der Waals surface area contributed by atoms with Gasteiger partial charge in [0.15, 0.2) is 23.3 Å². The number of nitrogens with zero attached hydrogens (tertiary/aromatic N) is 2. The zero-order chi connectivity index (χ0) is 24.1. The summed E-state index contributed by atoms with van der Waals surface area (Å²) >= 11 is 0. The summed E-state index contributed by atoms with van der Waals surface area (Å²) in [6.07, 6.45) is 1.61. The molecule has 2 aromatic heterocycles. The molecule has 5 aromatic rings. The molecule has 0 unspecified atom stereocenters. The molecule has 172 valence electrons. The number of benzene rings is 3. The van der Waals surface area contributed by atoms with E-state index in [9.17, 15) is 22.0 Å². The highest BCUT2D eigenvalue weighted by Crippen LogP contribution is 2.35. The monoisotopic (exact) mass is 468 g/mol. The number of pyridine rings is 1. The summed E-state index contributed by atoms with van der Waals surface area (Å²) in [6.45, 7) is 1.17. The molecule has 8 heteroatoms. The molecule has 0 atom stereocenters. The number of aryl methyl sites for hydroxylation is 1. The van der Waals surface area contributed by atoms with Gasteiger partial charge in [-0.1, -0.05) is 18.2 Å². The Morgan fingerprint density at radius 3 is 2.03 bits per heavy atom. The second-order valence-electron chi connectivity index (χ2n) is 7.89. The minimum absolute atomic E-state index is 0.549. The van der Waals surface area contributed by atoms with Crippen LogP contribution in [0.1, 0.15) is 11.3 Å². The van der Waals surface area contributed by atoms with Crippen molar-refractivity contribution in [2.75, 3.05) is 7.11 Å². The lowest BCUT2D eigenvalue weighted by atomic mass is 10.0. The third kappa shape index (κ3) is 3.29. The predicted molar refractivity (Wildman–Crippen MR) is 119 cm³/mol. The molecule has 0 aliphatic rings. The van der Waals surface area contributed by atoms with Gasteiger partial charge in [-0.3, -0.25) is 4.98 Å². The van der Waals surface area contributed by atoms with Crippen LogP contribution < -0.4 is 4.74 Å². The fourth-order valence-electron chi connectivity index (χ4n) is 4.30. The standard InChI is InChI=1S/C26H17F5N2O/c1-13-26-17(9-10-32-13)18-11-15(14-3-6-16(34-2)7-4-14)5-8-20(18)33(26)12-19-21(27)23(29)25(31)24(30)22(19)28/h3-11H,12H2,1-2H3. The Kier molecular flexibility index (Phi) is 5.23. The Bertz CT molecular complexity index is 1550. The van der Waals surface area contributed by atoms with E-state index >= 15 is 0 Å². The van der Waals surface area contributed by atoms with Gasteiger partial charge in [-0.25, -0.2) is 22.0 Å². The molecule has 3 nitrogen and oxygen atoms in total. The summed E-state index contributed by atoms with van der Waals surface area (Å²) in [7, 11) is 1.58. The van der Waals surface area contributed by atoms with Crippen molar-refractivity contribution < 1.29 is 26.7 Å². The topological polar surface area (TPSA) is 27.1 Å². The average Bonchev–Trinajstić information content (AvgIpc) is 3.18. The molecule has 0 aliphatic heterocycles. The first-order chi connectivity index (χ1) is 16.3. The molecular weight excluding hydrogens is 451 g/mol. The van der Waals surface area contributed by atoms with Crippen molar-refractivity contribution in [3.05, 3.63) is 95.1 Å². The average molecular weight is 468 g/mol. The first-order valence-electron chi connectivity index (χ1n) is 10.3. The third-order valence-corrected chi connectivity index (χ3v) is 5.99. The van der Waals surface area contributed by atoms with Crippen LogP contribution in [-0.2, 0) is 6.54 Å². The lowest BCUT2D eigenvalue weighted by Crippen LogP contribution is -2.11. The highest BCUT2D eigenvalue weighted by molar-refractivity contribution is 6.10. The van der Waals surface area contributed by atoms with Crippen molar-refractivity contribution in [1.29, 1.82) is 0 Å². The highest BCUT2D eigenvalue weighted by Gasteiger charge is 2.27. The van der Waals surface area contributed by atoms with Gasteiger partial charge >= 0.3 is 0 Å². The summed E-state index contributed by atoms with van der Waals surface area (Å²) in [6, 6.07) is 14.8. The molecule has 0 N–H and O–H groups in total. The van der Waals surface area contributed by atoms with Crippen molar-refractivity contribution >= 4 is 21.8 Å². The molecule has 0 spiro atoms. The maximum absolute atomic E-state index is 14.5. The minimum Gasteiger partial charge on any atom is -0.497 e. The smallest absolute Gasteiger partial charge is 0.200 e. The van der Waals surface area contributed by atoms with Gasteiger partial charge in [-0.15, -0.1) is 0 Å². The van der Waals surface area contributed by atoms with E-state index in [1.807, 2.05) is 36.4 Å². The molecule has 0 radical (unpaired) electrons. The van der Waals surface area contributed by atoms with Gasteiger partial charge in [0.25, 0.3) is 0 Å². The van der Waals surface area contributed by atoms with Gasteiger partial charge in [0, 0.05) is 28.0 Å². The maximum Gasteiger partial charge on any atom is 0.200 e. The van der Waals surface area contributed by atoms with Gasteiger partial charge in [-0.2, -0.15) is 0 Å². The quantitative estimate of drug-likeness (QED) is 0.163. The van der Waals surface area contributed by atoms with Crippen LogP contribution in [0.4, 0.5) is 22.0 Å². The van der Waals surface area contributed by atoms with E-state index in [1.165, 1.54) is 4.57 Å². The molecule has 0 fully saturated rings. The van der Waals surface area contributed by atoms with E-state index in [4.69, 9.17) is 4.74 Å². The fraction of sp³-hybridized carbons (Fsp3) is 0.115. The number of methoxy groups -OCH3 is 1. The van der Waals surface area contributed by atoms with E-state index in [2.05, 4.69) is 4.98 Å². The van der Waals surface area contributed by atoms with Crippen molar-refractivity contribution in [3.8, 4) is 16.9 Å². The summed E-state index contributed by atoms with van der Waals surface area (Å²) in [5.74, 6) is -9.09. The highest BCUT2D eigenvalue weighted by atomic mass is 19.2. The SMILES string of the molecule is COc1ccc(-c2ccc3c(c2)c2ccnc(C)c2n3Cc2c(F)c(F)c(F)c(F)c2F)cc1. The van der Waals surface area contributed by atoms with Crippen molar-refractivity contribution in [3.63, 3.8) is 0 Å². The number of halogens is 5. The van der Waals surface area contributed by atoms with E-state index in [1.54, 1.807) is 32.4 Å². The second kappa shape index (κ2) is 8.13. The number of hydrogen-bond donors (Lipinski definition) is 0. The van der Waals surface area contributed by atoms with Gasteiger partial charge in [0.05, 0.1) is 24.9 Å². The Labute approximate surface area is 191 Å². The summed E-state index contributed by atoms with van der Waals surface area (Å²) in [5.41, 5.74) is 2.59. The zero-order valence-corrected chi connectivity index (χ0v) is 18.1. The first-order valence-corrected chi connectivity index (χ1v) is 10.3. The van der Waals surface area contributed by atoms with Crippen molar-refractivity contribution in [1.82, 2.24) is 9.55 Å². The number of aromatic nitrogens is 2. The van der Waals surface area contributed by atoms with Gasteiger partial charge in [-0.05, 0) is 48.4 Å². The summed E-state index contributed by atoms with van der Waals surface area (Å²) in [4.78, 5) is 4.27. The fourth-order valence-corrected chi connectivity index (χ4v) is 4.30. The largest absolute Gasteiger partial charge is 0.497 e. The lowest BCUT2D eigenvalue weighted by Gasteiger charge is -2.12. The molecule has 0 aliphatic carbocycles. The number of fused-ring (bicyclic) bond motifs is 3. The van der Waals surface area contributed by atoms with Gasteiger partial charge < -0.3 is 9.30 Å². The maximum atomic E-state index is 14.5. The van der Waals surface area contributed by atoms with Crippen LogP contribution in [0, 0.1) is 36.0 Å². The van der Waals surface area contributed by atoms with Crippen LogP contribution in [0.5, 0.6) is 5.75 Å². The van der Waals surface area contributed by atoms with Crippen LogP contribution in [0.2, 0.25) is 0 Å². The Morgan fingerprint density at radius 1 is 0.765 bits per heavy atom. The van der Waals surface area contributed by atoms with Crippen LogP contribution in [0.15, 0.2) is 54.7 Å². The van der Waals surface area contributed by atoms with Crippen molar-refractivity contribution in [2.45, 2.75) is 13.5 Å². The van der Waals surface area contributed by atoms with Gasteiger partial charge in [0.1, 0.15) is 5.75 Å². The van der Waals surface area contributed by atoms with Crippen LogP contribution >= 0.6 is 0 Å². The molecule has 2 heterocycles. The molecule has 3 aromatic carbocycles. The molecule has 0 saturated carbocycles. The zero-order valence-electron chi connectivity index (χ0n) is 18.1. The molecule has 34 heavy (non-hydrogen) atoms. The summed E-state index contributed by atoms with van der Waals surface area (Å²) in [5, 5.41) is 1.51. The molecule has 0 bridgehead atoms. The summed E-state index contributed by atoms with van der Waals surface area (Å²) < 4.78 is 76.9. The van der Waals surface area contributed by atoms with Gasteiger partial charge in [0.2, 0.25) is 5.82 Å². The van der Waals surface area contributed by atoms with Crippen molar-refractivity contribution in [2.24, 2.45) is 0 Å². The molecule has 5 rings (SSSR count). The second-order valence-corrected chi connectivity index (χ2v) is 7.89. The molecular formula is C26H17F5N2O. The Hall–Kier alpha value is -3.94. The number of rotatable bonds is 4. The Balaban J connectivity index is 1.74. The van der Waals surface area contributed by atoms with E-state index in [0.29, 0.717) is 22.5 Å². The van der Waals surface area contributed by atoms with E-state index in [-0.39, 0.29) is 0 Å². The third-order valence-electron chi connectivity index (χ3n) is 5.99. The lowest BCUT2D eigenvalue weighted by molar-refractivity contribution is 0.368. The molecule has 0 amide bonds. The minimum atomic E-state index is -2.18. The Morgan fingerprint density at radius 2 is 1.38 bits per heavy atom. The normalized spacial score (nSPS) is 11.5. The predicted octanol–water partition coefficient (Wildman–Crippen LogP) is 6.92. The van der Waals surface area contributed by atoms with E-state index < -0.39 is 41.2 Å². The van der Waals surface area contributed by atoms with Crippen LogP contribution in [0.25, 0.3) is 32.9 Å². The number of hydrogen-bond acceptors (Lipinski definition) is 2. The van der Waals surface area contributed by atoms with Crippen LogP contribution in [0.3, 0.4) is 0 Å². The molecule has 0 saturated heterocycles. The first kappa shape index (κ1) is 21.9.